The molecule has 2 saturated heterocycles. The van der Waals surface area contributed by atoms with Gasteiger partial charge in [-0.1, -0.05) is 0 Å². The van der Waals surface area contributed by atoms with Gasteiger partial charge in [0, 0.05) is 13.1 Å². The van der Waals surface area contributed by atoms with Gasteiger partial charge in [0.1, 0.15) is 0 Å². The molecule has 2 fully saturated rings. The highest BCUT2D eigenvalue weighted by Gasteiger charge is 2.36. The summed E-state index contributed by atoms with van der Waals surface area (Å²) in [7, 11) is 4.99. The van der Waals surface area contributed by atoms with Crippen molar-refractivity contribution in [2.24, 2.45) is 5.41 Å². The Kier molecular flexibility index (Phi) is 6.65. The second-order valence-corrected chi connectivity index (χ2v) is 7.80. The Balaban J connectivity index is 1.56. The van der Waals surface area contributed by atoms with Gasteiger partial charge < -0.3 is 24.4 Å². The van der Waals surface area contributed by atoms with Crippen molar-refractivity contribution in [2.75, 3.05) is 54.1 Å². The van der Waals surface area contributed by atoms with Crippen LogP contribution in [-0.4, -0.2) is 59.0 Å². The molecule has 1 aromatic rings. The van der Waals surface area contributed by atoms with Crippen molar-refractivity contribution in [3.63, 3.8) is 0 Å². The molecule has 0 amide bonds. The normalized spacial score (nSPS) is 23.8. The lowest BCUT2D eigenvalue weighted by Crippen LogP contribution is -2.51. The number of aryl methyl sites for hydroxylation is 1. The molecule has 1 aromatic carbocycles. The monoisotopic (exact) mass is 362 g/mol. The summed E-state index contributed by atoms with van der Waals surface area (Å²) in [6.07, 6.45) is 7.64. The minimum absolute atomic E-state index is 0.531. The zero-order chi connectivity index (χ0) is 18.4. The summed E-state index contributed by atoms with van der Waals surface area (Å²) in [5.41, 5.74) is 1.77. The number of likely N-dealkylation sites (tertiary alicyclic amines) is 1. The second kappa shape index (κ2) is 8.96. The van der Waals surface area contributed by atoms with Crippen LogP contribution in [0.15, 0.2) is 12.1 Å². The number of nitrogens with zero attached hydrogens (tertiary/aromatic N) is 1. The minimum Gasteiger partial charge on any atom is -0.493 e. The largest absolute Gasteiger partial charge is 0.493 e. The van der Waals surface area contributed by atoms with Crippen LogP contribution in [0.2, 0.25) is 0 Å². The first-order chi connectivity index (χ1) is 12.7. The predicted octanol–water partition coefficient (Wildman–Crippen LogP) is 3.11. The lowest BCUT2D eigenvalue weighted by Gasteiger charge is -2.45. The smallest absolute Gasteiger partial charge is 0.203 e. The van der Waals surface area contributed by atoms with Gasteiger partial charge in [0.05, 0.1) is 21.3 Å². The molecular weight excluding hydrogens is 328 g/mol. The van der Waals surface area contributed by atoms with Gasteiger partial charge in [0.25, 0.3) is 0 Å². The summed E-state index contributed by atoms with van der Waals surface area (Å²) in [4.78, 5) is 2.68. The number of ether oxygens (including phenoxy) is 3. The number of hydrogen-bond donors (Lipinski definition) is 1. The van der Waals surface area contributed by atoms with E-state index in [1.807, 2.05) is 0 Å². The first kappa shape index (κ1) is 19.3. The van der Waals surface area contributed by atoms with Gasteiger partial charge in [0.15, 0.2) is 11.5 Å². The van der Waals surface area contributed by atoms with Crippen LogP contribution in [0.3, 0.4) is 0 Å². The Bertz CT molecular complexity index is 554. The van der Waals surface area contributed by atoms with E-state index >= 15 is 0 Å². The van der Waals surface area contributed by atoms with Crippen molar-refractivity contribution >= 4 is 0 Å². The lowest BCUT2D eigenvalue weighted by molar-refractivity contribution is 0.0641. The Hall–Kier alpha value is -1.46. The Morgan fingerprint density at radius 1 is 1.04 bits per heavy atom. The fourth-order valence-electron chi connectivity index (χ4n) is 4.67. The summed E-state index contributed by atoms with van der Waals surface area (Å²) in [6.45, 7) is 6.07. The lowest BCUT2D eigenvalue weighted by atomic mass is 9.74. The Morgan fingerprint density at radius 2 is 1.77 bits per heavy atom. The van der Waals surface area contributed by atoms with Crippen molar-refractivity contribution in [1.29, 1.82) is 0 Å². The van der Waals surface area contributed by atoms with E-state index < -0.39 is 0 Å². The Morgan fingerprint density at radius 3 is 2.38 bits per heavy atom. The van der Waals surface area contributed by atoms with Gasteiger partial charge in [-0.25, -0.2) is 0 Å². The molecule has 1 spiro atoms. The maximum absolute atomic E-state index is 5.47. The maximum atomic E-state index is 5.47. The highest BCUT2D eigenvalue weighted by atomic mass is 16.5. The summed E-state index contributed by atoms with van der Waals surface area (Å²) in [5, 5.41) is 3.62. The molecule has 0 aromatic heterocycles. The van der Waals surface area contributed by atoms with Gasteiger partial charge in [0.2, 0.25) is 5.75 Å². The predicted molar refractivity (Wildman–Crippen MR) is 105 cm³/mol. The van der Waals surface area contributed by atoms with Crippen molar-refractivity contribution in [3.05, 3.63) is 17.7 Å². The third kappa shape index (κ3) is 4.44. The van der Waals surface area contributed by atoms with Gasteiger partial charge in [-0.15, -0.1) is 0 Å². The third-order valence-electron chi connectivity index (χ3n) is 5.97. The number of nitrogens with one attached hydrogen (secondary N) is 1. The summed E-state index contributed by atoms with van der Waals surface area (Å²) in [5.74, 6) is 2.15. The van der Waals surface area contributed by atoms with Gasteiger partial charge >= 0.3 is 0 Å². The van der Waals surface area contributed by atoms with E-state index in [0.29, 0.717) is 11.2 Å². The molecule has 5 nitrogen and oxygen atoms in total. The van der Waals surface area contributed by atoms with Crippen molar-refractivity contribution in [3.8, 4) is 17.2 Å². The summed E-state index contributed by atoms with van der Waals surface area (Å²) < 4.78 is 16.3. The van der Waals surface area contributed by atoms with Crippen LogP contribution in [-0.2, 0) is 6.42 Å². The van der Waals surface area contributed by atoms with E-state index in [0.717, 1.165) is 24.3 Å². The van der Waals surface area contributed by atoms with E-state index in [9.17, 15) is 0 Å². The maximum Gasteiger partial charge on any atom is 0.203 e. The average Bonchev–Trinajstić information content (AvgIpc) is 2.68. The van der Waals surface area contributed by atoms with Gasteiger partial charge in [-0.2, -0.15) is 0 Å². The molecule has 0 saturated carbocycles. The van der Waals surface area contributed by atoms with E-state index in [1.165, 1.54) is 64.0 Å². The van der Waals surface area contributed by atoms with Crippen molar-refractivity contribution in [1.82, 2.24) is 10.2 Å². The molecule has 0 aliphatic carbocycles. The van der Waals surface area contributed by atoms with Gasteiger partial charge in [-0.05, 0) is 81.3 Å². The summed E-state index contributed by atoms with van der Waals surface area (Å²) >= 11 is 0. The van der Waals surface area contributed by atoms with Crippen LogP contribution in [0.4, 0.5) is 0 Å². The zero-order valence-electron chi connectivity index (χ0n) is 16.6. The molecule has 1 N–H and O–H groups in total. The SMILES string of the molecule is COc1cc(CCCN2CCCC3(CCCNC3)C2)cc(OC)c1OC. The number of piperidine rings is 2. The van der Waals surface area contributed by atoms with Crippen LogP contribution >= 0.6 is 0 Å². The standard InChI is InChI=1S/C21H34N2O3/c1-24-18-13-17(14-19(25-2)20(18)26-3)7-4-11-23-12-6-9-21(16-23)8-5-10-22-15-21/h13-14,22H,4-12,15-16H2,1-3H3. The van der Waals surface area contributed by atoms with Crippen LogP contribution in [0.25, 0.3) is 0 Å². The third-order valence-corrected chi connectivity index (χ3v) is 5.97. The zero-order valence-corrected chi connectivity index (χ0v) is 16.6. The highest BCUT2D eigenvalue weighted by Crippen LogP contribution is 2.39. The molecule has 26 heavy (non-hydrogen) atoms. The van der Waals surface area contributed by atoms with E-state index in [2.05, 4.69) is 22.3 Å². The fourth-order valence-corrected chi connectivity index (χ4v) is 4.67. The number of benzene rings is 1. The van der Waals surface area contributed by atoms with Gasteiger partial charge in [-0.3, -0.25) is 0 Å². The molecule has 1 atom stereocenters. The molecule has 0 radical (unpaired) electrons. The van der Waals surface area contributed by atoms with E-state index in [-0.39, 0.29) is 0 Å². The molecule has 146 valence electrons. The topological polar surface area (TPSA) is 43.0 Å². The quantitative estimate of drug-likeness (QED) is 0.807. The molecule has 2 aliphatic rings. The van der Waals surface area contributed by atoms with E-state index in [1.54, 1.807) is 21.3 Å². The first-order valence-electron chi connectivity index (χ1n) is 9.92. The van der Waals surface area contributed by atoms with Crippen LogP contribution in [0.1, 0.15) is 37.7 Å². The molecular formula is C21H34N2O3. The number of hydrogen-bond acceptors (Lipinski definition) is 5. The molecule has 0 bridgehead atoms. The van der Waals surface area contributed by atoms with Crippen LogP contribution < -0.4 is 19.5 Å². The highest BCUT2D eigenvalue weighted by molar-refractivity contribution is 5.53. The van der Waals surface area contributed by atoms with E-state index in [4.69, 9.17) is 14.2 Å². The molecule has 2 aliphatic heterocycles. The van der Waals surface area contributed by atoms with Crippen molar-refractivity contribution < 1.29 is 14.2 Å². The Labute approximate surface area is 158 Å². The minimum atomic E-state index is 0.531. The number of rotatable bonds is 7. The number of methoxy groups -OCH3 is 3. The summed E-state index contributed by atoms with van der Waals surface area (Å²) in [6, 6.07) is 4.15. The second-order valence-electron chi connectivity index (χ2n) is 7.80. The first-order valence-corrected chi connectivity index (χ1v) is 9.92. The van der Waals surface area contributed by atoms with Crippen molar-refractivity contribution in [2.45, 2.75) is 38.5 Å². The van der Waals surface area contributed by atoms with Crippen LogP contribution in [0.5, 0.6) is 17.2 Å². The van der Waals surface area contributed by atoms with Crippen LogP contribution in [0, 0.1) is 5.41 Å². The molecule has 5 heteroatoms. The molecule has 2 heterocycles. The molecule has 3 rings (SSSR count). The fraction of sp³-hybridized carbons (Fsp3) is 0.714. The molecule has 1 unspecified atom stereocenters. The average molecular weight is 363 g/mol.